The zero-order valence-electron chi connectivity index (χ0n) is 25.6. The maximum Gasteiger partial charge on any atom is 0.255 e. The number of carbonyl (C=O) groups is 4. The van der Waals surface area contributed by atoms with E-state index in [1.54, 1.807) is 31.3 Å². The van der Waals surface area contributed by atoms with Crippen LogP contribution in [0.5, 0.6) is 5.75 Å². The zero-order valence-corrected chi connectivity index (χ0v) is 25.6. The molecule has 10 nitrogen and oxygen atoms in total. The fourth-order valence-corrected chi connectivity index (χ4v) is 5.48. The van der Waals surface area contributed by atoms with Crippen LogP contribution in [0.25, 0.3) is 0 Å². The summed E-state index contributed by atoms with van der Waals surface area (Å²) >= 11 is 0. The predicted octanol–water partition coefficient (Wildman–Crippen LogP) is 2.86. The second-order valence-electron chi connectivity index (χ2n) is 12.0. The minimum absolute atomic E-state index is 0.148. The molecule has 4 rings (SSSR count). The van der Waals surface area contributed by atoms with E-state index in [1.807, 2.05) is 26.0 Å². The first-order valence-electron chi connectivity index (χ1n) is 15.3. The van der Waals surface area contributed by atoms with Gasteiger partial charge in [0.05, 0.1) is 18.5 Å². The lowest BCUT2D eigenvalue weighted by atomic mass is 10.0. The van der Waals surface area contributed by atoms with Crippen LogP contribution in [0.15, 0.2) is 48.5 Å². The topological polar surface area (TPSA) is 120 Å². The Bertz CT molecular complexity index is 1260. The van der Waals surface area contributed by atoms with Crippen molar-refractivity contribution in [3.8, 4) is 5.75 Å². The lowest BCUT2D eigenvalue weighted by molar-refractivity contribution is -0.136. The highest BCUT2D eigenvalue weighted by molar-refractivity contribution is 6.01. The maximum atomic E-state index is 13.4. The van der Waals surface area contributed by atoms with E-state index < -0.39 is 29.8 Å². The van der Waals surface area contributed by atoms with Gasteiger partial charge in [-0.15, -0.1) is 0 Å². The number of piperidine rings is 1. The van der Waals surface area contributed by atoms with Crippen molar-refractivity contribution in [3.63, 3.8) is 0 Å². The summed E-state index contributed by atoms with van der Waals surface area (Å²) in [4.78, 5) is 57.1. The molecule has 4 amide bonds. The van der Waals surface area contributed by atoms with Crippen molar-refractivity contribution in [3.05, 3.63) is 65.2 Å². The molecule has 2 atom stereocenters. The minimum Gasteiger partial charge on any atom is -0.491 e. The van der Waals surface area contributed by atoms with Gasteiger partial charge in [-0.1, -0.05) is 56.7 Å². The fraction of sp³-hybridized carbons (Fsp3) is 0.515. The van der Waals surface area contributed by atoms with E-state index in [0.29, 0.717) is 12.2 Å². The van der Waals surface area contributed by atoms with Gasteiger partial charge in [-0.05, 0) is 61.5 Å². The Morgan fingerprint density at radius 3 is 2.37 bits per heavy atom. The van der Waals surface area contributed by atoms with Crippen molar-refractivity contribution in [1.29, 1.82) is 0 Å². The quantitative estimate of drug-likeness (QED) is 0.456. The number of hydrogen-bond donors (Lipinski definition) is 3. The van der Waals surface area contributed by atoms with Gasteiger partial charge in [-0.25, -0.2) is 0 Å². The van der Waals surface area contributed by atoms with Gasteiger partial charge >= 0.3 is 0 Å². The number of carbonyl (C=O) groups excluding carboxylic acids is 4. The summed E-state index contributed by atoms with van der Waals surface area (Å²) < 4.78 is 5.87. The molecule has 232 valence electrons. The average molecular weight is 592 g/mol. The molecule has 0 bridgehead atoms. The summed E-state index contributed by atoms with van der Waals surface area (Å²) in [6.45, 7) is 7.80. The van der Waals surface area contributed by atoms with Crippen molar-refractivity contribution in [2.75, 3.05) is 33.3 Å². The van der Waals surface area contributed by atoms with Crippen molar-refractivity contribution in [1.82, 2.24) is 25.8 Å². The number of hydrogen-bond acceptors (Lipinski definition) is 6. The highest BCUT2D eigenvalue weighted by Gasteiger charge is 2.30. The van der Waals surface area contributed by atoms with Crippen molar-refractivity contribution < 1.29 is 23.9 Å². The van der Waals surface area contributed by atoms with Gasteiger partial charge in [-0.3, -0.25) is 24.1 Å². The fourth-order valence-electron chi connectivity index (χ4n) is 5.48. The van der Waals surface area contributed by atoms with Crippen LogP contribution in [0.4, 0.5) is 0 Å². The zero-order chi connectivity index (χ0) is 30.8. The van der Waals surface area contributed by atoms with Gasteiger partial charge in [0.2, 0.25) is 17.7 Å². The molecule has 1 fully saturated rings. The van der Waals surface area contributed by atoms with E-state index in [2.05, 4.69) is 33.0 Å². The minimum atomic E-state index is -1.16. The summed E-state index contributed by atoms with van der Waals surface area (Å²) in [6, 6.07) is 12.9. The van der Waals surface area contributed by atoms with Gasteiger partial charge in [0, 0.05) is 20.1 Å². The molecule has 2 aliphatic rings. The molecule has 0 aromatic heterocycles. The number of rotatable bonds is 7. The van der Waals surface area contributed by atoms with Crippen LogP contribution in [0.3, 0.4) is 0 Å². The normalized spacial score (nSPS) is 20.8. The molecular formula is C33H45N5O5. The summed E-state index contributed by atoms with van der Waals surface area (Å²) in [5.41, 5.74) is 2.38. The lowest BCUT2D eigenvalue weighted by Crippen LogP contribution is -2.53. The van der Waals surface area contributed by atoms with E-state index >= 15 is 0 Å². The van der Waals surface area contributed by atoms with E-state index in [9.17, 15) is 19.2 Å². The molecular weight excluding hydrogens is 546 g/mol. The second-order valence-corrected chi connectivity index (χ2v) is 12.0. The van der Waals surface area contributed by atoms with E-state index in [4.69, 9.17) is 4.74 Å². The van der Waals surface area contributed by atoms with Crippen LogP contribution in [0.1, 0.15) is 67.4 Å². The number of ether oxygens (including phenoxy) is 1. The Balaban J connectivity index is 1.48. The van der Waals surface area contributed by atoms with Crippen molar-refractivity contribution >= 4 is 23.6 Å². The number of benzene rings is 2. The molecule has 2 aliphatic heterocycles. The molecule has 10 heteroatoms. The number of fused-ring (bicyclic) bond motifs is 1. The van der Waals surface area contributed by atoms with Crippen LogP contribution in [-0.4, -0.2) is 78.8 Å². The molecule has 0 radical (unpaired) electrons. The highest BCUT2D eigenvalue weighted by Crippen LogP contribution is 2.19. The molecule has 2 heterocycles. The van der Waals surface area contributed by atoms with Gasteiger partial charge in [0.15, 0.2) is 0 Å². The van der Waals surface area contributed by atoms with Crippen LogP contribution in [0, 0.1) is 5.92 Å². The monoisotopic (exact) mass is 591 g/mol. The molecule has 0 unspecified atom stereocenters. The number of likely N-dealkylation sites (N-methyl/N-ethyl adjacent to an activating group) is 1. The molecule has 2 aromatic rings. The standard InChI is InChI=1S/C33H45N5O5/c1-23(2)19-28-33(42)37(3)17-18-43-29-10-6-5-9-26(29)31(40)36-27(20-30(39)35-28)32(41)34-21-24-11-13-25(14-12-24)22-38-15-7-4-8-16-38/h5-6,9-14,23,27-28H,4,7-8,15-22H2,1-3H3,(H,34,41)(H,35,39)(H,36,40)/t27-,28-/m0/s1. The van der Waals surface area contributed by atoms with Crippen molar-refractivity contribution in [2.45, 2.75) is 71.1 Å². The number of nitrogens with one attached hydrogen (secondary N) is 3. The van der Waals surface area contributed by atoms with Crippen LogP contribution in [-0.2, 0) is 27.5 Å². The average Bonchev–Trinajstić information content (AvgIpc) is 2.99. The van der Waals surface area contributed by atoms with Gasteiger partial charge in [0.1, 0.15) is 24.4 Å². The molecule has 2 aromatic carbocycles. The Labute approximate surface area is 254 Å². The molecule has 0 aliphatic carbocycles. The van der Waals surface area contributed by atoms with E-state index in [1.165, 1.54) is 29.7 Å². The highest BCUT2D eigenvalue weighted by atomic mass is 16.5. The number of nitrogens with zero attached hydrogens (tertiary/aromatic N) is 2. The summed E-state index contributed by atoms with van der Waals surface area (Å²) in [5, 5.41) is 8.42. The Kier molecular flexibility index (Phi) is 11.6. The molecule has 3 N–H and O–H groups in total. The first kappa shape index (κ1) is 32.0. The first-order chi connectivity index (χ1) is 20.7. The molecule has 0 spiro atoms. The number of likely N-dealkylation sites (tertiary alicyclic amines) is 1. The van der Waals surface area contributed by atoms with E-state index in [0.717, 1.165) is 25.2 Å². The Morgan fingerprint density at radius 1 is 0.953 bits per heavy atom. The second kappa shape index (κ2) is 15.5. The van der Waals surface area contributed by atoms with Crippen LogP contribution >= 0.6 is 0 Å². The summed E-state index contributed by atoms with van der Waals surface area (Å²) in [7, 11) is 1.66. The largest absolute Gasteiger partial charge is 0.491 e. The smallest absolute Gasteiger partial charge is 0.255 e. The molecule has 1 saturated heterocycles. The van der Waals surface area contributed by atoms with Crippen molar-refractivity contribution in [2.24, 2.45) is 5.92 Å². The van der Waals surface area contributed by atoms with Gasteiger partial charge < -0.3 is 25.6 Å². The van der Waals surface area contributed by atoms with Gasteiger partial charge in [0.25, 0.3) is 5.91 Å². The van der Waals surface area contributed by atoms with Gasteiger partial charge in [-0.2, -0.15) is 0 Å². The third-order valence-electron chi connectivity index (χ3n) is 7.89. The van der Waals surface area contributed by atoms with Crippen LogP contribution < -0.4 is 20.7 Å². The van der Waals surface area contributed by atoms with E-state index in [-0.39, 0.29) is 43.5 Å². The Morgan fingerprint density at radius 2 is 1.65 bits per heavy atom. The number of para-hydroxylation sites is 1. The third kappa shape index (κ3) is 9.54. The Hall–Kier alpha value is -3.92. The number of amides is 4. The lowest BCUT2D eigenvalue weighted by Gasteiger charge is -2.27. The maximum absolute atomic E-state index is 13.4. The SMILES string of the molecule is CC(C)C[C@@H]1NC(=O)C[C@@H](C(=O)NCc2ccc(CN3CCCCC3)cc2)NC(=O)c2ccccc2OCCN(C)C1=O. The summed E-state index contributed by atoms with van der Waals surface area (Å²) in [6.07, 6.45) is 3.90. The first-order valence-corrected chi connectivity index (χ1v) is 15.3. The summed E-state index contributed by atoms with van der Waals surface area (Å²) in [5.74, 6) is -1.25. The molecule has 0 saturated carbocycles. The van der Waals surface area contributed by atoms with Crippen LogP contribution in [0.2, 0.25) is 0 Å². The molecule has 43 heavy (non-hydrogen) atoms. The third-order valence-corrected chi connectivity index (χ3v) is 7.89. The predicted molar refractivity (Wildman–Crippen MR) is 164 cm³/mol.